The van der Waals surface area contributed by atoms with Crippen molar-refractivity contribution in [1.82, 2.24) is 10.6 Å². The second-order valence-electron chi connectivity index (χ2n) is 4.58. The predicted molar refractivity (Wildman–Crippen MR) is 76.0 cm³/mol. The number of carbonyl (C=O) groups is 1. The normalized spacial score (nSPS) is 22.9. The lowest BCUT2D eigenvalue weighted by Gasteiger charge is -2.26. The second-order valence-corrected chi connectivity index (χ2v) is 5.40. The lowest BCUT2D eigenvalue weighted by molar-refractivity contribution is -0.133. The summed E-state index contributed by atoms with van der Waals surface area (Å²) in [6.45, 7) is 1.29. The van der Waals surface area contributed by atoms with E-state index in [9.17, 15) is 13.6 Å². The molecule has 2 atom stereocenters. The van der Waals surface area contributed by atoms with E-state index >= 15 is 0 Å². The van der Waals surface area contributed by atoms with Gasteiger partial charge in [-0.3, -0.25) is 4.79 Å². The molecule has 2 rings (SSSR count). The van der Waals surface area contributed by atoms with Gasteiger partial charge in [-0.25, -0.2) is 0 Å². The summed E-state index contributed by atoms with van der Waals surface area (Å²) in [4.78, 5) is 11.2. The fraction of sp³-hybridized carbons (Fsp3) is 0.462. The molecule has 1 amide bonds. The van der Waals surface area contributed by atoms with Gasteiger partial charge in [0.1, 0.15) is 6.10 Å². The highest BCUT2D eigenvalue weighted by atomic mass is 35.5. The lowest BCUT2D eigenvalue weighted by atomic mass is 10.0. The van der Waals surface area contributed by atoms with Crippen molar-refractivity contribution in [2.45, 2.75) is 18.6 Å². The van der Waals surface area contributed by atoms with E-state index in [0.717, 1.165) is 0 Å². The largest absolute Gasteiger partial charge is 0.370 e. The Morgan fingerprint density at radius 2 is 2.14 bits per heavy atom. The van der Waals surface area contributed by atoms with Crippen molar-refractivity contribution < 1.29 is 18.3 Å². The number of hydrogen-bond acceptors (Lipinski definition) is 3. The molecule has 1 aromatic carbocycles. The van der Waals surface area contributed by atoms with Crippen molar-refractivity contribution in [2.75, 3.05) is 19.7 Å². The minimum atomic E-state index is -3.07. The van der Waals surface area contributed by atoms with Crippen LogP contribution in [0.25, 0.3) is 0 Å². The summed E-state index contributed by atoms with van der Waals surface area (Å²) < 4.78 is 30.5. The van der Waals surface area contributed by atoms with Crippen LogP contribution in [-0.4, -0.2) is 38.1 Å². The summed E-state index contributed by atoms with van der Waals surface area (Å²) in [6, 6.07) is 4.30. The molecule has 116 valence electrons. The minimum absolute atomic E-state index is 0.323. The van der Waals surface area contributed by atoms with Gasteiger partial charge in [0, 0.05) is 13.1 Å². The highest BCUT2D eigenvalue weighted by Gasteiger charge is 2.30. The lowest BCUT2D eigenvalue weighted by Crippen LogP contribution is -2.46. The third kappa shape index (κ3) is 4.26. The van der Waals surface area contributed by atoms with Gasteiger partial charge >= 0.3 is 6.43 Å². The molecule has 1 aliphatic rings. The van der Waals surface area contributed by atoms with Gasteiger partial charge in [0.25, 0.3) is 5.91 Å². The number of amides is 1. The van der Waals surface area contributed by atoms with Crippen LogP contribution in [0.3, 0.4) is 0 Å². The molecule has 0 spiro atoms. The van der Waals surface area contributed by atoms with E-state index in [1.165, 1.54) is 0 Å². The van der Waals surface area contributed by atoms with E-state index in [1.54, 1.807) is 18.2 Å². The van der Waals surface area contributed by atoms with Gasteiger partial charge < -0.3 is 15.4 Å². The van der Waals surface area contributed by atoms with Crippen LogP contribution in [0.2, 0.25) is 10.0 Å². The Labute approximate surface area is 130 Å². The van der Waals surface area contributed by atoms with Crippen molar-refractivity contribution in [3.63, 3.8) is 0 Å². The fourth-order valence-corrected chi connectivity index (χ4v) is 2.44. The number of benzene rings is 1. The van der Waals surface area contributed by atoms with Gasteiger partial charge in [-0.1, -0.05) is 29.3 Å². The van der Waals surface area contributed by atoms with Crippen LogP contribution in [-0.2, 0) is 9.53 Å². The molecule has 0 saturated carbocycles. The molecule has 0 radical (unpaired) electrons. The number of alkyl halides is 2. The van der Waals surface area contributed by atoms with Gasteiger partial charge in [-0.2, -0.15) is 8.78 Å². The van der Waals surface area contributed by atoms with Crippen LogP contribution >= 0.6 is 23.2 Å². The van der Waals surface area contributed by atoms with E-state index in [4.69, 9.17) is 27.9 Å². The molecule has 1 aliphatic heterocycles. The van der Waals surface area contributed by atoms with Crippen LogP contribution in [0.15, 0.2) is 18.2 Å². The average Bonchev–Trinajstić information content (AvgIpc) is 2.67. The van der Waals surface area contributed by atoms with E-state index < -0.39 is 24.5 Å². The molecule has 0 aromatic heterocycles. The first-order chi connectivity index (χ1) is 9.99. The molecule has 1 saturated heterocycles. The second kappa shape index (κ2) is 7.35. The first kappa shape index (κ1) is 16.4. The van der Waals surface area contributed by atoms with Crippen LogP contribution < -0.4 is 10.6 Å². The Morgan fingerprint density at radius 3 is 2.81 bits per heavy atom. The zero-order chi connectivity index (χ0) is 15.4. The van der Waals surface area contributed by atoms with Crippen molar-refractivity contribution in [3.05, 3.63) is 33.8 Å². The molecule has 21 heavy (non-hydrogen) atoms. The Bertz CT molecular complexity index is 517. The Kier molecular flexibility index (Phi) is 5.75. The predicted octanol–water partition coefficient (Wildman–Crippen LogP) is 2.40. The number of ether oxygens (including phenoxy) is 1. The molecular formula is C13H14Cl2F2N2O2. The van der Waals surface area contributed by atoms with Gasteiger partial charge in [0.05, 0.1) is 22.7 Å². The first-order valence-electron chi connectivity index (χ1n) is 6.35. The third-order valence-corrected chi connectivity index (χ3v) is 3.84. The quantitative estimate of drug-likeness (QED) is 0.889. The highest BCUT2D eigenvalue weighted by Crippen LogP contribution is 2.29. The highest BCUT2D eigenvalue weighted by molar-refractivity contribution is 6.42. The number of hydrogen-bond donors (Lipinski definition) is 2. The molecule has 0 aliphatic carbocycles. The smallest absolute Gasteiger partial charge is 0.315 e. The van der Waals surface area contributed by atoms with Crippen molar-refractivity contribution >= 4 is 29.1 Å². The Hall–Kier alpha value is -0.950. The summed E-state index contributed by atoms with van der Waals surface area (Å²) in [6.07, 6.45) is -3.64. The molecule has 2 unspecified atom stereocenters. The van der Waals surface area contributed by atoms with Crippen LogP contribution in [0, 0.1) is 0 Å². The molecule has 2 N–H and O–H groups in total. The van der Waals surface area contributed by atoms with E-state index in [2.05, 4.69) is 10.6 Å². The topological polar surface area (TPSA) is 50.4 Å². The standard InChI is InChI=1S/C13H14Cl2F2N2O2/c14-8-2-1-7(5-9(8)15)11-10(6-18-3-4-21-11)19-13(20)12(16)17/h1-2,5,10-12,18H,3-4,6H2,(H,19,20). The van der Waals surface area contributed by atoms with Crippen LogP contribution in [0.1, 0.15) is 11.7 Å². The summed E-state index contributed by atoms with van der Waals surface area (Å²) in [7, 11) is 0. The molecule has 1 fully saturated rings. The molecular weight excluding hydrogens is 325 g/mol. The summed E-state index contributed by atoms with van der Waals surface area (Å²) in [5.74, 6) is -1.32. The van der Waals surface area contributed by atoms with Gasteiger partial charge in [0.15, 0.2) is 0 Å². The van der Waals surface area contributed by atoms with Crippen LogP contribution in [0.4, 0.5) is 8.78 Å². The maximum atomic E-state index is 12.4. The molecule has 4 nitrogen and oxygen atoms in total. The third-order valence-electron chi connectivity index (χ3n) is 3.10. The van der Waals surface area contributed by atoms with E-state index in [0.29, 0.717) is 35.3 Å². The maximum absolute atomic E-state index is 12.4. The molecule has 1 heterocycles. The summed E-state index contributed by atoms with van der Waals surface area (Å²) >= 11 is 11.8. The summed E-state index contributed by atoms with van der Waals surface area (Å²) in [5, 5.41) is 6.04. The van der Waals surface area contributed by atoms with E-state index in [-0.39, 0.29) is 0 Å². The summed E-state index contributed by atoms with van der Waals surface area (Å²) in [5.41, 5.74) is 0.674. The zero-order valence-electron chi connectivity index (χ0n) is 10.9. The van der Waals surface area contributed by atoms with Crippen LogP contribution in [0.5, 0.6) is 0 Å². The van der Waals surface area contributed by atoms with Gasteiger partial charge in [-0.05, 0) is 17.7 Å². The van der Waals surface area contributed by atoms with Crippen molar-refractivity contribution in [3.8, 4) is 0 Å². The number of nitrogens with one attached hydrogen (secondary N) is 2. The zero-order valence-corrected chi connectivity index (χ0v) is 12.4. The SMILES string of the molecule is O=C(NC1CNCCOC1c1ccc(Cl)c(Cl)c1)C(F)F. The number of rotatable bonds is 3. The average molecular weight is 339 g/mol. The number of carbonyl (C=O) groups excluding carboxylic acids is 1. The molecule has 8 heteroatoms. The fourth-order valence-electron chi connectivity index (χ4n) is 2.13. The maximum Gasteiger partial charge on any atom is 0.315 e. The Balaban J connectivity index is 2.22. The molecule has 1 aromatic rings. The Morgan fingerprint density at radius 1 is 1.38 bits per heavy atom. The van der Waals surface area contributed by atoms with Crippen molar-refractivity contribution in [1.29, 1.82) is 0 Å². The van der Waals surface area contributed by atoms with Crippen molar-refractivity contribution in [2.24, 2.45) is 0 Å². The first-order valence-corrected chi connectivity index (χ1v) is 7.10. The van der Waals surface area contributed by atoms with Gasteiger partial charge in [0.2, 0.25) is 0 Å². The number of halogens is 4. The molecule has 0 bridgehead atoms. The van der Waals surface area contributed by atoms with Gasteiger partial charge in [-0.15, -0.1) is 0 Å². The van der Waals surface area contributed by atoms with E-state index in [1.807, 2.05) is 0 Å². The monoisotopic (exact) mass is 338 g/mol. The minimum Gasteiger partial charge on any atom is -0.370 e.